The van der Waals surface area contributed by atoms with Gasteiger partial charge in [0.15, 0.2) is 4.77 Å². The molecule has 1 fully saturated rings. The zero-order valence-electron chi connectivity index (χ0n) is 11.7. The molecule has 2 aromatic rings. The minimum atomic E-state index is -0.0659. The third-order valence-corrected chi connectivity index (χ3v) is 4.04. The average Bonchev–Trinajstić information content (AvgIpc) is 2.51. The Labute approximate surface area is 127 Å². The van der Waals surface area contributed by atoms with Crippen LogP contribution in [0.1, 0.15) is 6.42 Å². The van der Waals surface area contributed by atoms with E-state index in [-0.39, 0.29) is 5.56 Å². The van der Waals surface area contributed by atoms with Crippen molar-refractivity contribution in [2.24, 2.45) is 0 Å². The Balaban J connectivity index is 1.74. The van der Waals surface area contributed by atoms with Gasteiger partial charge in [0.2, 0.25) is 0 Å². The van der Waals surface area contributed by atoms with Crippen LogP contribution in [0, 0.1) is 4.77 Å². The van der Waals surface area contributed by atoms with Crippen LogP contribution in [0.2, 0.25) is 0 Å². The molecule has 3 rings (SSSR count). The molecule has 0 bridgehead atoms. The molecular formula is C14H18N4O2S. The van der Waals surface area contributed by atoms with Gasteiger partial charge < -0.3 is 9.72 Å². The number of H-pyrrole nitrogens is 1. The summed E-state index contributed by atoms with van der Waals surface area (Å²) < 4.78 is 7.39. The van der Waals surface area contributed by atoms with Gasteiger partial charge in [-0.3, -0.25) is 14.3 Å². The lowest BCUT2D eigenvalue weighted by Crippen LogP contribution is -2.37. The lowest BCUT2D eigenvalue weighted by atomic mass is 10.3. The summed E-state index contributed by atoms with van der Waals surface area (Å²) >= 11 is 5.27. The van der Waals surface area contributed by atoms with Gasteiger partial charge in [-0.2, -0.15) is 0 Å². The van der Waals surface area contributed by atoms with Crippen LogP contribution in [0.15, 0.2) is 23.1 Å². The van der Waals surface area contributed by atoms with Crippen LogP contribution in [-0.2, 0) is 11.3 Å². The minimum absolute atomic E-state index is 0.0659. The van der Waals surface area contributed by atoms with Gasteiger partial charge >= 0.3 is 0 Å². The molecule has 6 nitrogen and oxygen atoms in total. The quantitative estimate of drug-likeness (QED) is 0.859. The van der Waals surface area contributed by atoms with Crippen molar-refractivity contribution < 1.29 is 4.74 Å². The fourth-order valence-electron chi connectivity index (χ4n) is 2.56. The van der Waals surface area contributed by atoms with Gasteiger partial charge in [0.05, 0.1) is 18.6 Å². The van der Waals surface area contributed by atoms with Crippen LogP contribution < -0.4 is 5.56 Å². The summed E-state index contributed by atoms with van der Waals surface area (Å²) in [4.78, 5) is 21.9. The number of fused-ring (bicyclic) bond motifs is 1. The molecule has 3 heterocycles. The van der Waals surface area contributed by atoms with Crippen LogP contribution in [0.4, 0.5) is 0 Å². The molecule has 0 amide bonds. The van der Waals surface area contributed by atoms with E-state index < -0.39 is 0 Å². The fourth-order valence-corrected chi connectivity index (χ4v) is 2.84. The van der Waals surface area contributed by atoms with Crippen LogP contribution >= 0.6 is 12.2 Å². The second-order valence-corrected chi connectivity index (χ2v) is 5.48. The molecule has 112 valence electrons. The first-order valence-corrected chi connectivity index (χ1v) is 7.54. The number of nitrogens with one attached hydrogen (secondary N) is 1. The first-order valence-electron chi connectivity index (χ1n) is 7.13. The maximum Gasteiger partial charge on any atom is 0.263 e. The zero-order chi connectivity index (χ0) is 14.7. The number of rotatable bonds is 4. The van der Waals surface area contributed by atoms with Crippen LogP contribution in [0.25, 0.3) is 11.0 Å². The highest BCUT2D eigenvalue weighted by Crippen LogP contribution is 2.04. The van der Waals surface area contributed by atoms with Gasteiger partial charge in [0.25, 0.3) is 5.56 Å². The average molecular weight is 306 g/mol. The molecule has 0 saturated carbocycles. The maximum absolute atomic E-state index is 12.4. The maximum atomic E-state index is 12.4. The van der Waals surface area contributed by atoms with Crippen molar-refractivity contribution in [2.45, 2.75) is 13.0 Å². The highest BCUT2D eigenvalue weighted by Gasteiger charge is 2.10. The summed E-state index contributed by atoms with van der Waals surface area (Å²) in [5, 5.41) is 0.581. The first kappa shape index (κ1) is 14.4. The molecule has 1 saturated heterocycles. The normalized spacial score (nSPS) is 16.4. The van der Waals surface area contributed by atoms with Gasteiger partial charge in [-0.05, 0) is 30.8 Å². The second kappa shape index (κ2) is 6.46. The van der Waals surface area contributed by atoms with Crippen molar-refractivity contribution in [1.82, 2.24) is 19.4 Å². The Morgan fingerprint density at radius 3 is 2.95 bits per heavy atom. The largest absolute Gasteiger partial charge is 0.379 e. The van der Waals surface area contributed by atoms with Crippen molar-refractivity contribution in [3.05, 3.63) is 33.5 Å². The first-order chi connectivity index (χ1) is 10.3. The van der Waals surface area contributed by atoms with E-state index in [2.05, 4.69) is 14.9 Å². The minimum Gasteiger partial charge on any atom is -0.379 e. The lowest BCUT2D eigenvalue weighted by Gasteiger charge is -2.26. The highest BCUT2D eigenvalue weighted by atomic mass is 32.1. The van der Waals surface area contributed by atoms with E-state index in [1.807, 2.05) is 0 Å². The smallest absolute Gasteiger partial charge is 0.263 e. The molecule has 0 radical (unpaired) electrons. The summed E-state index contributed by atoms with van der Waals surface area (Å²) in [6.07, 6.45) is 2.54. The summed E-state index contributed by atoms with van der Waals surface area (Å²) in [6, 6.07) is 3.53. The van der Waals surface area contributed by atoms with E-state index in [9.17, 15) is 4.79 Å². The van der Waals surface area contributed by atoms with Crippen molar-refractivity contribution in [1.29, 1.82) is 0 Å². The molecule has 1 aliphatic heterocycles. The van der Waals surface area contributed by atoms with Crippen molar-refractivity contribution in [2.75, 3.05) is 32.8 Å². The Kier molecular flexibility index (Phi) is 4.42. The van der Waals surface area contributed by atoms with Crippen molar-refractivity contribution >= 4 is 23.3 Å². The van der Waals surface area contributed by atoms with Crippen molar-refractivity contribution in [3.63, 3.8) is 0 Å². The van der Waals surface area contributed by atoms with Crippen LogP contribution in [-0.4, -0.2) is 52.3 Å². The van der Waals surface area contributed by atoms with Gasteiger partial charge in [-0.25, -0.2) is 4.98 Å². The van der Waals surface area contributed by atoms with E-state index in [1.165, 1.54) is 0 Å². The zero-order valence-corrected chi connectivity index (χ0v) is 12.6. The number of hydrogen-bond donors (Lipinski definition) is 1. The van der Waals surface area contributed by atoms with E-state index >= 15 is 0 Å². The van der Waals surface area contributed by atoms with Gasteiger partial charge in [0, 0.05) is 32.4 Å². The van der Waals surface area contributed by atoms with Crippen LogP contribution in [0.3, 0.4) is 0 Å². The predicted octanol–water partition coefficient (Wildman–Crippen LogP) is 1.18. The Bertz CT molecular complexity index is 734. The molecule has 1 aliphatic rings. The molecule has 0 aromatic carbocycles. The van der Waals surface area contributed by atoms with Crippen molar-refractivity contribution in [3.8, 4) is 0 Å². The molecule has 7 heteroatoms. The third-order valence-electron chi connectivity index (χ3n) is 3.71. The summed E-state index contributed by atoms with van der Waals surface area (Å²) in [5.41, 5.74) is 0.487. The molecule has 0 spiro atoms. The molecule has 2 aromatic heterocycles. The standard InChI is InChI=1S/C14H18N4O2S/c19-13-11-3-1-4-15-12(11)16-14(21)18(13)6-2-5-17-7-9-20-10-8-17/h1,3-4H,2,5-10H2,(H,15,16,21). The predicted molar refractivity (Wildman–Crippen MR) is 83.1 cm³/mol. The molecule has 0 unspecified atom stereocenters. The second-order valence-electron chi connectivity index (χ2n) is 5.09. The molecule has 1 N–H and O–H groups in total. The molecular weight excluding hydrogens is 288 g/mol. The summed E-state index contributed by atoms with van der Waals surface area (Å²) in [5.74, 6) is 0. The van der Waals surface area contributed by atoms with Crippen LogP contribution in [0.5, 0.6) is 0 Å². The summed E-state index contributed by atoms with van der Waals surface area (Å²) in [6.45, 7) is 5.09. The topological polar surface area (TPSA) is 63.2 Å². The monoisotopic (exact) mass is 306 g/mol. The number of hydrogen-bond acceptors (Lipinski definition) is 5. The lowest BCUT2D eigenvalue weighted by molar-refractivity contribution is 0.0369. The van der Waals surface area contributed by atoms with E-state index in [1.54, 1.807) is 22.9 Å². The molecule has 21 heavy (non-hydrogen) atoms. The number of aromatic amines is 1. The SMILES string of the molecule is O=c1c2cccnc2[nH]c(=S)n1CCCN1CCOCC1. The van der Waals surface area contributed by atoms with Gasteiger partial charge in [-0.15, -0.1) is 0 Å². The van der Waals surface area contributed by atoms with E-state index in [0.717, 1.165) is 39.3 Å². The molecule has 0 atom stereocenters. The van der Waals surface area contributed by atoms with Gasteiger partial charge in [0.1, 0.15) is 5.65 Å². The Morgan fingerprint density at radius 2 is 2.14 bits per heavy atom. The number of ether oxygens (including phenoxy) is 1. The molecule has 0 aliphatic carbocycles. The summed E-state index contributed by atoms with van der Waals surface area (Å²) in [7, 11) is 0. The number of morpholine rings is 1. The van der Waals surface area contributed by atoms with E-state index in [4.69, 9.17) is 17.0 Å². The highest BCUT2D eigenvalue weighted by molar-refractivity contribution is 7.71. The third kappa shape index (κ3) is 3.20. The number of pyridine rings is 1. The number of nitrogens with zero attached hydrogens (tertiary/aromatic N) is 3. The van der Waals surface area contributed by atoms with E-state index in [0.29, 0.717) is 22.3 Å². The van der Waals surface area contributed by atoms with Gasteiger partial charge in [-0.1, -0.05) is 0 Å². The Morgan fingerprint density at radius 1 is 1.33 bits per heavy atom. The Hall–Kier alpha value is -1.57. The fraction of sp³-hybridized carbons (Fsp3) is 0.500. The number of aromatic nitrogens is 3.